The number of nitrogens with zero attached hydrogens (tertiary/aromatic N) is 1. The first-order chi connectivity index (χ1) is 6.20. The zero-order chi connectivity index (χ0) is 9.05. The van der Waals surface area contributed by atoms with E-state index in [1.807, 2.05) is 0 Å². The molecule has 0 spiro atoms. The molecule has 4 aliphatic carbocycles. The summed E-state index contributed by atoms with van der Waals surface area (Å²) in [6.45, 7) is 0. The maximum Gasteiger partial charge on any atom is 0.112 e. The number of hydrogen-bond donors (Lipinski definition) is 0. The fraction of sp³-hybridized carbons (Fsp3) is 0.909. The van der Waals surface area contributed by atoms with Crippen LogP contribution in [0.4, 0.5) is 4.39 Å². The summed E-state index contributed by atoms with van der Waals surface area (Å²) in [5, 5.41) is 9.01. The Morgan fingerprint density at radius 2 is 1.77 bits per heavy atom. The van der Waals surface area contributed by atoms with Crippen molar-refractivity contribution in [1.82, 2.24) is 0 Å². The lowest BCUT2D eigenvalue weighted by atomic mass is 9.51. The molecule has 0 aliphatic heterocycles. The van der Waals surface area contributed by atoms with Crippen molar-refractivity contribution in [2.75, 3.05) is 0 Å². The highest BCUT2D eigenvalue weighted by Gasteiger charge is 2.55. The lowest BCUT2D eigenvalue weighted by Crippen LogP contribution is -2.52. The van der Waals surface area contributed by atoms with Crippen molar-refractivity contribution in [3.63, 3.8) is 0 Å². The normalized spacial score (nSPS) is 57.8. The van der Waals surface area contributed by atoms with Crippen LogP contribution >= 0.6 is 0 Å². The summed E-state index contributed by atoms with van der Waals surface area (Å²) in [6.07, 6.45) is 4.40. The van der Waals surface area contributed by atoms with Gasteiger partial charge >= 0.3 is 0 Å². The van der Waals surface area contributed by atoms with Crippen LogP contribution in [0.25, 0.3) is 0 Å². The van der Waals surface area contributed by atoms with E-state index in [1.165, 1.54) is 0 Å². The van der Waals surface area contributed by atoms with Gasteiger partial charge in [-0.15, -0.1) is 0 Å². The van der Waals surface area contributed by atoms with Crippen molar-refractivity contribution in [2.45, 2.75) is 37.8 Å². The van der Waals surface area contributed by atoms with Crippen LogP contribution < -0.4 is 0 Å². The van der Waals surface area contributed by atoms with E-state index in [0.717, 1.165) is 19.3 Å². The van der Waals surface area contributed by atoms with E-state index in [-0.39, 0.29) is 5.92 Å². The van der Waals surface area contributed by atoms with Crippen LogP contribution in [0.2, 0.25) is 0 Å². The quantitative estimate of drug-likeness (QED) is 0.561. The lowest BCUT2D eigenvalue weighted by Gasteiger charge is -2.55. The van der Waals surface area contributed by atoms with Gasteiger partial charge < -0.3 is 0 Å². The molecule has 0 N–H and O–H groups in total. The Labute approximate surface area is 77.9 Å². The molecule has 13 heavy (non-hydrogen) atoms. The molecule has 0 aromatic carbocycles. The van der Waals surface area contributed by atoms with Crippen molar-refractivity contribution in [3.05, 3.63) is 0 Å². The molecule has 4 saturated carbocycles. The average Bonchev–Trinajstić information content (AvgIpc) is 2.00. The van der Waals surface area contributed by atoms with Gasteiger partial charge in [0, 0.05) is 0 Å². The Hall–Kier alpha value is -0.580. The second kappa shape index (κ2) is 2.26. The molecule has 5 atom stereocenters. The van der Waals surface area contributed by atoms with Crippen molar-refractivity contribution < 1.29 is 4.39 Å². The van der Waals surface area contributed by atoms with Crippen LogP contribution in [0.15, 0.2) is 0 Å². The van der Waals surface area contributed by atoms with E-state index < -0.39 is 5.67 Å². The zero-order valence-electron chi connectivity index (χ0n) is 7.67. The van der Waals surface area contributed by atoms with Gasteiger partial charge in [-0.3, -0.25) is 0 Å². The molecule has 4 aliphatic rings. The van der Waals surface area contributed by atoms with E-state index in [0.29, 0.717) is 30.6 Å². The highest BCUT2D eigenvalue weighted by Crippen LogP contribution is 2.59. The second-order valence-corrected chi connectivity index (χ2v) is 5.28. The number of alkyl halides is 1. The van der Waals surface area contributed by atoms with Crippen molar-refractivity contribution >= 4 is 0 Å². The van der Waals surface area contributed by atoms with Gasteiger partial charge in [-0.1, -0.05) is 0 Å². The van der Waals surface area contributed by atoms with Crippen molar-refractivity contribution in [2.24, 2.45) is 23.7 Å². The van der Waals surface area contributed by atoms with Crippen LogP contribution in [0.3, 0.4) is 0 Å². The fourth-order valence-corrected chi connectivity index (χ4v) is 4.14. The zero-order valence-corrected chi connectivity index (χ0v) is 7.67. The number of hydrogen-bond acceptors (Lipinski definition) is 1. The first-order valence-electron chi connectivity index (χ1n) is 5.29. The van der Waals surface area contributed by atoms with Gasteiger partial charge in [0.2, 0.25) is 0 Å². The van der Waals surface area contributed by atoms with Gasteiger partial charge in [0.1, 0.15) is 5.67 Å². The molecule has 3 unspecified atom stereocenters. The minimum atomic E-state index is -0.871. The van der Waals surface area contributed by atoms with Crippen molar-refractivity contribution in [1.29, 1.82) is 5.26 Å². The minimum absolute atomic E-state index is 0.181. The summed E-state index contributed by atoms with van der Waals surface area (Å²) in [5.74, 6) is 1.56. The lowest BCUT2D eigenvalue weighted by molar-refractivity contribution is -0.0940. The Morgan fingerprint density at radius 1 is 1.15 bits per heavy atom. The molecule has 0 aromatic heterocycles. The predicted molar refractivity (Wildman–Crippen MR) is 46.5 cm³/mol. The predicted octanol–water partition coefficient (Wildman–Crippen LogP) is 2.67. The fourth-order valence-electron chi connectivity index (χ4n) is 4.14. The molecule has 4 fully saturated rings. The molecular formula is C11H14FN. The monoisotopic (exact) mass is 179 g/mol. The van der Waals surface area contributed by atoms with Crippen LogP contribution in [0, 0.1) is 35.0 Å². The number of nitriles is 1. The standard InChI is InChI=1S/C11H14FN/c12-11-3-7-1-8(4-11)10(6-13)9(2-7)5-11/h7-10H,1-5H2/t7?,8-,9+,10?,11?. The summed E-state index contributed by atoms with van der Waals surface area (Å²) in [5.41, 5.74) is -0.871. The van der Waals surface area contributed by atoms with Crippen molar-refractivity contribution in [3.8, 4) is 6.07 Å². The molecular weight excluding hydrogens is 165 g/mol. The summed E-state index contributed by atoms with van der Waals surface area (Å²) >= 11 is 0. The minimum Gasteiger partial charge on any atom is -0.244 e. The molecule has 0 heterocycles. The maximum atomic E-state index is 14.1. The Morgan fingerprint density at radius 3 is 2.23 bits per heavy atom. The van der Waals surface area contributed by atoms with E-state index in [9.17, 15) is 4.39 Å². The first-order valence-corrected chi connectivity index (χ1v) is 5.29. The van der Waals surface area contributed by atoms with Gasteiger partial charge in [0.05, 0.1) is 12.0 Å². The topological polar surface area (TPSA) is 23.8 Å². The Bertz CT molecular complexity index is 264. The van der Waals surface area contributed by atoms with Crippen LogP contribution in [0.5, 0.6) is 0 Å². The highest BCUT2D eigenvalue weighted by atomic mass is 19.1. The third kappa shape index (κ3) is 0.964. The molecule has 0 radical (unpaired) electrons. The molecule has 1 nitrogen and oxygen atoms in total. The molecule has 0 aromatic rings. The third-order valence-corrected chi connectivity index (χ3v) is 4.35. The number of rotatable bonds is 0. The highest BCUT2D eigenvalue weighted by molar-refractivity contribution is 5.10. The number of halogens is 1. The molecule has 0 saturated heterocycles. The Balaban J connectivity index is 1.95. The SMILES string of the molecule is N#CC1[C@@H]2CC3C[C@H]1CC(F)(C3)C2. The molecule has 2 heteroatoms. The summed E-state index contributed by atoms with van der Waals surface area (Å²) in [4.78, 5) is 0. The van der Waals surface area contributed by atoms with Crippen LogP contribution in [0.1, 0.15) is 32.1 Å². The third-order valence-electron chi connectivity index (χ3n) is 4.35. The summed E-state index contributed by atoms with van der Waals surface area (Å²) in [7, 11) is 0. The maximum absolute atomic E-state index is 14.1. The van der Waals surface area contributed by atoms with Gasteiger partial charge in [0.15, 0.2) is 0 Å². The van der Waals surface area contributed by atoms with Crippen LogP contribution in [-0.2, 0) is 0 Å². The van der Waals surface area contributed by atoms with E-state index in [1.54, 1.807) is 0 Å². The second-order valence-electron chi connectivity index (χ2n) is 5.28. The Kier molecular flexibility index (Phi) is 1.35. The summed E-state index contributed by atoms with van der Waals surface area (Å²) in [6, 6.07) is 2.40. The van der Waals surface area contributed by atoms with E-state index in [4.69, 9.17) is 5.26 Å². The van der Waals surface area contributed by atoms with E-state index in [2.05, 4.69) is 6.07 Å². The van der Waals surface area contributed by atoms with Gasteiger partial charge in [-0.2, -0.15) is 5.26 Å². The first kappa shape index (κ1) is 7.79. The summed E-state index contributed by atoms with van der Waals surface area (Å²) < 4.78 is 14.1. The largest absolute Gasteiger partial charge is 0.244 e. The molecule has 4 rings (SSSR count). The molecule has 4 bridgehead atoms. The van der Waals surface area contributed by atoms with Gasteiger partial charge in [0.25, 0.3) is 0 Å². The smallest absolute Gasteiger partial charge is 0.112 e. The molecule has 0 amide bonds. The average molecular weight is 179 g/mol. The van der Waals surface area contributed by atoms with E-state index >= 15 is 0 Å². The van der Waals surface area contributed by atoms with Gasteiger partial charge in [-0.25, -0.2) is 4.39 Å². The van der Waals surface area contributed by atoms with Crippen LogP contribution in [-0.4, -0.2) is 5.67 Å². The molecule has 70 valence electrons. The van der Waals surface area contributed by atoms with Gasteiger partial charge in [-0.05, 0) is 49.9 Å².